The maximum Gasteiger partial charge on any atom is 0.269 e. The van der Waals surface area contributed by atoms with E-state index in [2.05, 4.69) is 11.4 Å². The predicted molar refractivity (Wildman–Crippen MR) is 84.0 cm³/mol. The molecule has 0 aliphatic carbocycles. The van der Waals surface area contributed by atoms with Gasteiger partial charge in [0.05, 0.1) is 21.6 Å². The number of nitro groups is 1. The van der Waals surface area contributed by atoms with Gasteiger partial charge in [0.1, 0.15) is 0 Å². The predicted octanol–water partition coefficient (Wildman–Crippen LogP) is 3.08. The molecule has 1 aromatic rings. The number of amides is 1. The summed E-state index contributed by atoms with van der Waals surface area (Å²) >= 11 is 1.43. The number of nitrogens with zero attached hydrogens (tertiary/aromatic N) is 2. The molecule has 114 valence electrons. The molecule has 6 nitrogen and oxygen atoms in total. The third-order valence-electron chi connectivity index (χ3n) is 3.29. The van der Waals surface area contributed by atoms with Crippen molar-refractivity contribution in [3.05, 3.63) is 50.5 Å². The second-order valence-electron chi connectivity index (χ2n) is 4.86. The monoisotopic (exact) mass is 317 g/mol. The first-order chi connectivity index (χ1) is 10.6. The van der Waals surface area contributed by atoms with Crippen molar-refractivity contribution in [2.45, 2.75) is 25.7 Å². The SMILES string of the molecule is CCCSC1=C(C#N)[C@@H](c2cccc([N+](=O)[O-])c2)CC(=O)N1. The summed E-state index contributed by atoms with van der Waals surface area (Å²) in [5, 5.41) is 23.7. The number of hydrogen-bond donors (Lipinski definition) is 1. The van der Waals surface area contributed by atoms with E-state index in [4.69, 9.17) is 0 Å². The van der Waals surface area contributed by atoms with Crippen LogP contribution in [0.25, 0.3) is 0 Å². The minimum absolute atomic E-state index is 0.0384. The number of thioether (sulfide) groups is 1. The highest BCUT2D eigenvalue weighted by molar-refractivity contribution is 8.03. The molecule has 0 bridgehead atoms. The van der Waals surface area contributed by atoms with Crippen molar-refractivity contribution in [1.29, 1.82) is 5.26 Å². The van der Waals surface area contributed by atoms with E-state index >= 15 is 0 Å². The molecule has 1 N–H and O–H groups in total. The molecule has 7 heteroatoms. The van der Waals surface area contributed by atoms with Gasteiger partial charge in [-0.15, -0.1) is 11.8 Å². The van der Waals surface area contributed by atoms with Crippen LogP contribution in [0.4, 0.5) is 5.69 Å². The van der Waals surface area contributed by atoms with E-state index in [-0.39, 0.29) is 18.0 Å². The first kappa shape index (κ1) is 16.0. The molecule has 0 saturated carbocycles. The van der Waals surface area contributed by atoms with Crippen molar-refractivity contribution < 1.29 is 9.72 Å². The third-order valence-corrected chi connectivity index (χ3v) is 4.51. The number of carbonyl (C=O) groups is 1. The number of nitriles is 1. The van der Waals surface area contributed by atoms with Crippen LogP contribution in [0.2, 0.25) is 0 Å². The van der Waals surface area contributed by atoms with Gasteiger partial charge in [-0.1, -0.05) is 19.1 Å². The Morgan fingerprint density at radius 3 is 2.95 bits per heavy atom. The standard InChI is InChI=1S/C15H15N3O3S/c1-2-6-22-15-13(9-16)12(8-14(19)17-15)10-4-3-5-11(7-10)18(20)21/h3-5,7,12H,2,6,8H2,1H3,(H,17,19)/t12-/m1/s1. The molecule has 22 heavy (non-hydrogen) atoms. The summed E-state index contributed by atoms with van der Waals surface area (Å²) in [5.74, 6) is 0.190. The molecule has 0 unspecified atom stereocenters. The summed E-state index contributed by atoms with van der Waals surface area (Å²) in [6.45, 7) is 2.02. The Morgan fingerprint density at radius 2 is 2.32 bits per heavy atom. The number of benzene rings is 1. The van der Waals surface area contributed by atoms with Crippen molar-refractivity contribution in [3.63, 3.8) is 0 Å². The Balaban J connectivity index is 2.43. The highest BCUT2D eigenvalue weighted by Gasteiger charge is 2.30. The number of carbonyl (C=O) groups excluding carboxylic acids is 1. The average Bonchev–Trinajstić information content (AvgIpc) is 2.52. The molecule has 0 aromatic heterocycles. The van der Waals surface area contributed by atoms with E-state index in [1.807, 2.05) is 6.92 Å². The van der Waals surface area contributed by atoms with Crippen molar-refractivity contribution in [2.75, 3.05) is 5.75 Å². The first-order valence-corrected chi connectivity index (χ1v) is 7.86. The van der Waals surface area contributed by atoms with Crippen LogP contribution in [0.1, 0.15) is 31.2 Å². The number of hydrogen-bond acceptors (Lipinski definition) is 5. The number of nitrogens with one attached hydrogen (secondary N) is 1. The molecule has 2 rings (SSSR count). The van der Waals surface area contributed by atoms with Gasteiger partial charge < -0.3 is 5.32 Å². The molecule has 0 spiro atoms. The highest BCUT2D eigenvalue weighted by Crippen LogP contribution is 2.36. The minimum Gasteiger partial charge on any atom is -0.320 e. The molecular weight excluding hydrogens is 302 g/mol. The van der Waals surface area contributed by atoms with Crippen molar-refractivity contribution in [1.82, 2.24) is 5.32 Å². The van der Waals surface area contributed by atoms with Crippen LogP contribution in [-0.2, 0) is 4.79 Å². The molecule has 0 saturated heterocycles. The van der Waals surface area contributed by atoms with Crippen molar-refractivity contribution in [3.8, 4) is 6.07 Å². The molecule has 0 fully saturated rings. The Kier molecular flexibility index (Phi) is 5.17. The quantitative estimate of drug-likeness (QED) is 0.665. The van der Waals surface area contributed by atoms with Gasteiger partial charge >= 0.3 is 0 Å². The zero-order chi connectivity index (χ0) is 16.1. The van der Waals surface area contributed by atoms with E-state index in [9.17, 15) is 20.2 Å². The topological polar surface area (TPSA) is 96.0 Å². The van der Waals surface area contributed by atoms with Crippen LogP contribution >= 0.6 is 11.8 Å². The molecule has 1 aliphatic heterocycles. The van der Waals surface area contributed by atoms with Crippen molar-refractivity contribution >= 4 is 23.4 Å². The van der Waals surface area contributed by atoms with Crippen LogP contribution in [0.3, 0.4) is 0 Å². The van der Waals surface area contributed by atoms with Gasteiger partial charge in [-0.25, -0.2) is 0 Å². The van der Waals surface area contributed by atoms with E-state index < -0.39 is 10.8 Å². The average molecular weight is 317 g/mol. The fourth-order valence-corrected chi connectivity index (χ4v) is 3.21. The zero-order valence-corrected chi connectivity index (χ0v) is 12.9. The van der Waals surface area contributed by atoms with E-state index in [1.54, 1.807) is 12.1 Å². The van der Waals surface area contributed by atoms with Crippen LogP contribution < -0.4 is 5.32 Å². The third kappa shape index (κ3) is 3.46. The summed E-state index contributed by atoms with van der Waals surface area (Å²) in [6.07, 6.45) is 1.05. The van der Waals surface area contributed by atoms with Crippen LogP contribution in [0.15, 0.2) is 34.9 Å². The van der Waals surface area contributed by atoms with Crippen LogP contribution in [0.5, 0.6) is 0 Å². The van der Waals surface area contributed by atoms with Gasteiger partial charge in [0, 0.05) is 24.5 Å². The van der Waals surface area contributed by atoms with Crippen LogP contribution in [0, 0.1) is 21.4 Å². The number of allylic oxidation sites excluding steroid dienone is 1. The highest BCUT2D eigenvalue weighted by atomic mass is 32.2. The molecule has 1 atom stereocenters. The largest absolute Gasteiger partial charge is 0.320 e. The number of nitro benzene ring substituents is 1. The molecule has 0 radical (unpaired) electrons. The van der Waals surface area contributed by atoms with Crippen LogP contribution in [-0.4, -0.2) is 16.6 Å². The summed E-state index contributed by atoms with van der Waals surface area (Å²) in [6, 6.07) is 8.28. The van der Waals surface area contributed by atoms with E-state index in [0.29, 0.717) is 16.2 Å². The molecule has 1 heterocycles. The maximum atomic E-state index is 11.9. The van der Waals surface area contributed by atoms with Gasteiger partial charge in [-0.3, -0.25) is 14.9 Å². The molecule has 1 aliphatic rings. The summed E-state index contributed by atoms with van der Waals surface area (Å²) in [4.78, 5) is 22.3. The maximum absolute atomic E-state index is 11.9. The Bertz CT molecular complexity index is 679. The molecule has 1 aromatic carbocycles. The van der Waals surface area contributed by atoms with Gasteiger partial charge in [0.15, 0.2) is 0 Å². The van der Waals surface area contributed by atoms with Gasteiger partial charge in [-0.2, -0.15) is 5.26 Å². The fourth-order valence-electron chi connectivity index (χ4n) is 2.28. The number of non-ortho nitro benzene ring substituents is 1. The minimum atomic E-state index is -0.477. The Labute approximate surface area is 132 Å². The summed E-state index contributed by atoms with van der Waals surface area (Å²) in [5.41, 5.74) is 1.05. The Hall–Kier alpha value is -2.33. The second kappa shape index (κ2) is 7.09. The lowest BCUT2D eigenvalue weighted by Crippen LogP contribution is -2.30. The first-order valence-electron chi connectivity index (χ1n) is 6.88. The smallest absolute Gasteiger partial charge is 0.269 e. The summed E-state index contributed by atoms with van der Waals surface area (Å²) in [7, 11) is 0. The molecular formula is C15H15N3O3S. The van der Waals surface area contributed by atoms with Gasteiger partial charge in [0.2, 0.25) is 5.91 Å². The lowest BCUT2D eigenvalue weighted by atomic mass is 9.87. The Morgan fingerprint density at radius 1 is 1.55 bits per heavy atom. The lowest BCUT2D eigenvalue weighted by Gasteiger charge is -2.24. The fraction of sp³-hybridized carbons (Fsp3) is 0.333. The normalized spacial score (nSPS) is 17.8. The van der Waals surface area contributed by atoms with Crippen molar-refractivity contribution in [2.24, 2.45) is 0 Å². The molecule has 1 amide bonds. The van der Waals surface area contributed by atoms with Gasteiger partial charge in [-0.05, 0) is 17.7 Å². The number of rotatable bonds is 5. The lowest BCUT2D eigenvalue weighted by molar-refractivity contribution is -0.384. The summed E-state index contributed by atoms with van der Waals surface area (Å²) < 4.78 is 0. The van der Waals surface area contributed by atoms with Gasteiger partial charge in [0.25, 0.3) is 5.69 Å². The second-order valence-corrected chi connectivity index (χ2v) is 5.97. The van der Waals surface area contributed by atoms with E-state index in [0.717, 1.165) is 12.2 Å². The zero-order valence-electron chi connectivity index (χ0n) is 12.0. The van der Waals surface area contributed by atoms with E-state index in [1.165, 1.54) is 23.9 Å².